The summed E-state index contributed by atoms with van der Waals surface area (Å²) < 4.78 is 0. The maximum absolute atomic E-state index is 12.1. The summed E-state index contributed by atoms with van der Waals surface area (Å²) in [5.41, 5.74) is 0.221. The molecule has 21 heavy (non-hydrogen) atoms. The predicted molar refractivity (Wildman–Crippen MR) is 83.2 cm³/mol. The van der Waals surface area contributed by atoms with Crippen LogP contribution in [-0.4, -0.2) is 35.4 Å². The lowest BCUT2D eigenvalue weighted by Crippen LogP contribution is -2.42. The molecule has 116 valence electrons. The zero-order valence-electron chi connectivity index (χ0n) is 13.1. The summed E-state index contributed by atoms with van der Waals surface area (Å²) in [5, 5.41) is 8.62. The third kappa shape index (κ3) is 6.25. The number of anilines is 1. The molecule has 0 spiro atoms. The van der Waals surface area contributed by atoms with E-state index in [1.807, 2.05) is 27.7 Å². The van der Waals surface area contributed by atoms with E-state index >= 15 is 0 Å². The molecule has 1 rings (SSSR count). The molecule has 6 nitrogen and oxygen atoms in total. The molecule has 1 heterocycles. The molecule has 0 aliphatic heterocycles. The number of hydrogen-bond acceptors (Lipinski definition) is 4. The van der Waals surface area contributed by atoms with E-state index in [0.29, 0.717) is 24.5 Å². The van der Waals surface area contributed by atoms with Crippen molar-refractivity contribution in [2.24, 2.45) is 0 Å². The molecule has 6 heteroatoms. The van der Waals surface area contributed by atoms with Gasteiger partial charge in [-0.3, -0.25) is 9.59 Å². The largest absolute Gasteiger partial charge is 0.370 e. The van der Waals surface area contributed by atoms with Gasteiger partial charge in [-0.2, -0.15) is 0 Å². The standard InChI is InChI=1S/C15H24N4O2/c1-5-16-13-11(7-6-9-17-13)14(21)18-10-8-12(20)19-15(2,3)4/h6-7,9H,5,8,10H2,1-4H3,(H,16,17)(H,18,21)(H,19,20). The second kappa shape index (κ2) is 7.61. The van der Waals surface area contributed by atoms with Crippen LogP contribution in [0.15, 0.2) is 18.3 Å². The summed E-state index contributed by atoms with van der Waals surface area (Å²) in [5.74, 6) is 0.236. The van der Waals surface area contributed by atoms with Crippen molar-refractivity contribution in [3.05, 3.63) is 23.9 Å². The smallest absolute Gasteiger partial charge is 0.255 e. The first-order valence-electron chi connectivity index (χ1n) is 7.11. The molecule has 0 radical (unpaired) electrons. The van der Waals surface area contributed by atoms with Gasteiger partial charge in [0.05, 0.1) is 5.56 Å². The van der Waals surface area contributed by atoms with Gasteiger partial charge in [0.25, 0.3) is 5.91 Å². The zero-order chi connectivity index (χ0) is 15.9. The molecule has 0 saturated heterocycles. The minimum atomic E-state index is -0.261. The minimum absolute atomic E-state index is 0.0825. The van der Waals surface area contributed by atoms with Crippen molar-refractivity contribution in [2.45, 2.75) is 39.7 Å². The SMILES string of the molecule is CCNc1ncccc1C(=O)NCCC(=O)NC(C)(C)C. The number of amides is 2. The van der Waals surface area contributed by atoms with Crippen molar-refractivity contribution in [1.82, 2.24) is 15.6 Å². The Hall–Kier alpha value is -2.11. The average Bonchev–Trinajstić information content (AvgIpc) is 2.37. The Balaban J connectivity index is 2.49. The molecular formula is C15H24N4O2. The first-order valence-corrected chi connectivity index (χ1v) is 7.11. The number of carbonyl (C=O) groups excluding carboxylic acids is 2. The number of aromatic nitrogens is 1. The second-order valence-electron chi connectivity index (χ2n) is 5.73. The summed E-state index contributed by atoms with van der Waals surface area (Å²) in [4.78, 5) is 27.9. The molecule has 1 aromatic rings. The van der Waals surface area contributed by atoms with E-state index in [9.17, 15) is 9.59 Å². The number of rotatable bonds is 6. The first kappa shape index (κ1) is 16.9. The number of carbonyl (C=O) groups is 2. The number of nitrogens with one attached hydrogen (secondary N) is 3. The van der Waals surface area contributed by atoms with Gasteiger partial charge >= 0.3 is 0 Å². The lowest BCUT2D eigenvalue weighted by Gasteiger charge is -2.20. The summed E-state index contributed by atoms with van der Waals surface area (Å²) >= 11 is 0. The van der Waals surface area contributed by atoms with Crippen LogP contribution in [0.3, 0.4) is 0 Å². The van der Waals surface area contributed by atoms with E-state index in [4.69, 9.17) is 0 Å². The molecule has 0 aliphatic carbocycles. The van der Waals surface area contributed by atoms with Crippen LogP contribution in [0.1, 0.15) is 44.5 Å². The number of hydrogen-bond donors (Lipinski definition) is 3. The van der Waals surface area contributed by atoms with Gasteiger partial charge in [-0.1, -0.05) is 0 Å². The summed E-state index contributed by atoms with van der Waals surface area (Å²) in [6.45, 7) is 8.67. The van der Waals surface area contributed by atoms with Gasteiger partial charge in [-0.15, -0.1) is 0 Å². The van der Waals surface area contributed by atoms with Crippen LogP contribution in [0.5, 0.6) is 0 Å². The van der Waals surface area contributed by atoms with Gasteiger partial charge in [-0.05, 0) is 39.8 Å². The monoisotopic (exact) mass is 292 g/mol. The lowest BCUT2D eigenvalue weighted by molar-refractivity contribution is -0.122. The van der Waals surface area contributed by atoms with Gasteiger partial charge < -0.3 is 16.0 Å². The Morgan fingerprint density at radius 1 is 1.29 bits per heavy atom. The van der Waals surface area contributed by atoms with E-state index in [1.165, 1.54) is 0 Å². The summed E-state index contributed by atoms with van der Waals surface area (Å²) in [6.07, 6.45) is 1.88. The van der Waals surface area contributed by atoms with Gasteiger partial charge in [0.1, 0.15) is 5.82 Å². The van der Waals surface area contributed by atoms with Crippen LogP contribution < -0.4 is 16.0 Å². The second-order valence-corrected chi connectivity index (χ2v) is 5.73. The number of pyridine rings is 1. The first-order chi connectivity index (χ1) is 9.83. The van der Waals surface area contributed by atoms with Gasteiger partial charge in [-0.25, -0.2) is 4.98 Å². The van der Waals surface area contributed by atoms with Crippen molar-refractivity contribution in [3.63, 3.8) is 0 Å². The highest BCUT2D eigenvalue weighted by atomic mass is 16.2. The fourth-order valence-corrected chi connectivity index (χ4v) is 1.76. The van der Waals surface area contributed by atoms with Crippen molar-refractivity contribution < 1.29 is 9.59 Å². The molecule has 0 aromatic carbocycles. The normalized spacial score (nSPS) is 10.9. The molecule has 0 bridgehead atoms. The Morgan fingerprint density at radius 2 is 2.00 bits per heavy atom. The Bertz CT molecular complexity index is 495. The maximum Gasteiger partial charge on any atom is 0.255 e. The van der Waals surface area contributed by atoms with E-state index < -0.39 is 0 Å². The quantitative estimate of drug-likeness (QED) is 0.743. The van der Waals surface area contributed by atoms with Crippen LogP contribution in [0.2, 0.25) is 0 Å². The molecule has 3 N–H and O–H groups in total. The maximum atomic E-state index is 12.1. The zero-order valence-corrected chi connectivity index (χ0v) is 13.1. The highest BCUT2D eigenvalue weighted by Gasteiger charge is 2.15. The third-order valence-electron chi connectivity index (χ3n) is 2.55. The molecule has 2 amide bonds. The average molecular weight is 292 g/mol. The highest BCUT2D eigenvalue weighted by Crippen LogP contribution is 2.10. The van der Waals surface area contributed by atoms with Crippen LogP contribution in [-0.2, 0) is 4.79 Å². The van der Waals surface area contributed by atoms with Gasteiger partial charge in [0.15, 0.2) is 0 Å². The van der Waals surface area contributed by atoms with Crippen molar-refractivity contribution >= 4 is 17.6 Å². The Kier molecular flexibility index (Phi) is 6.14. The van der Waals surface area contributed by atoms with Crippen molar-refractivity contribution in [2.75, 3.05) is 18.4 Å². The third-order valence-corrected chi connectivity index (χ3v) is 2.55. The van der Waals surface area contributed by atoms with Crippen molar-refractivity contribution in [3.8, 4) is 0 Å². The van der Waals surface area contributed by atoms with Gasteiger partial charge in [0, 0.05) is 31.2 Å². The minimum Gasteiger partial charge on any atom is -0.370 e. The summed E-state index contributed by atoms with van der Waals surface area (Å²) in [7, 11) is 0. The molecule has 0 aliphatic rings. The molecular weight excluding hydrogens is 268 g/mol. The van der Waals surface area contributed by atoms with E-state index in [1.54, 1.807) is 18.3 Å². The van der Waals surface area contributed by atoms with E-state index in [0.717, 1.165) is 0 Å². The molecule has 1 aromatic heterocycles. The molecule has 0 fully saturated rings. The van der Waals surface area contributed by atoms with Crippen LogP contribution in [0.4, 0.5) is 5.82 Å². The fourth-order valence-electron chi connectivity index (χ4n) is 1.76. The molecule has 0 unspecified atom stereocenters. The summed E-state index contributed by atoms with van der Waals surface area (Å²) in [6, 6.07) is 3.41. The Morgan fingerprint density at radius 3 is 2.62 bits per heavy atom. The van der Waals surface area contributed by atoms with E-state index in [2.05, 4.69) is 20.9 Å². The topological polar surface area (TPSA) is 83.1 Å². The lowest BCUT2D eigenvalue weighted by atomic mass is 10.1. The fraction of sp³-hybridized carbons (Fsp3) is 0.533. The predicted octanol–water partition coefficient (Wildman–Crippen LogP) is 1.55. The molecule has 0 saturated carbocycles. The Labute approximate surface area is 125 Å². The number of nitrogens with zero attached hydrogens (tertiary/aromatic N) is 1. The highest BCUT2D eigenvalue weighted by molar-refractivity contribution is 5.98. The van der Waals surface area contributed by atoms with Crippen LogP contribution >= 0.6 is 0 Å². The molecule has 0 atom stereocenters. The van der Waals surface area contributed by atoms with E-state index in [-0.39, 0.29) is 23.8 Å². The van der Waals surface area contributed by atoms with Gasteiger partial charge in [0.2, 0.25) is 5.91 Å². The van der Waals surface area contributed by atoms with Crippen LogP contribution in [0, 0.1) is 0 Å². The van der Waals surface area contributed by atoms with Crippen molar-refractivity contribution in [1.29, 1.82) is 0 Å². The van der Waals surface area contributed by atoms with Crippen LogP contribution in [0.25, 0.3) is 0 Å².